The predicted molar refractivity (Wildman–Crippen MR) is 120 cm³/mol. The van der Waals surface area contributed by atoms with Gasteiger partial charge in [0, 0.05) is 60.3 Å². The number of hydrogen-bond donors (Lipinski definition) is 3. The van der Waals surface area contributed by atoms with Gasteiger partial charge in [-0.25, -0.2) is 13.8 Å². The van der Waals surface area contributed by atoms with E-state index in [9.17, 15) is 13.6 Å². The van der Waals surface area contributed by atoms with Gasteiger partial charge in [-0.15, -0.1) is 0 Å². The molecule has 1 fully saturated rings. The van der Waals surface area contributed by atoms with Crippen LogP contribution in [0.5, 0.6) is 0 Å². The normalized spacial score (nSPS) is 20.1. The Morgan fingerprint density at radius 3 is 2.75 bits per heavy atom. The number of H-pyrrole nitrogens is 1. The summed E-state index contributed by atoms with van der Waals surface area (Å²) in [5.41, 5.74) is 4.29. The number of carbonyl (C=O) groups excluding carboxylic acids is 1. The van der Waals surface area contributed by atoms with Crippen LogP contribution in [0.15, 0.2) is 30.6 Å². The van der Waals surface area contributed by atoms with Gasteiger partial charge in [0.1, 0.15) is 5.65 Å². The smallest absolute Gasteiger partial charge is 0.251 e. The zero-order valence-corrected chi connectivity index (χ0v) is 18.3. The minimum atomic E-state index is -2.51. The third-order valence-corrected chi connectivity index (χ3v) is 6.81. The molecule has 1 amide bonds. The van der Waals surface area contributed by atoms with E-state index in [-0.39, 0.29) is 30.1 Å². The van der Waals surface area contributed by atoms with Gasteiger partial charge in [0.15, 0.2) is 0 Å². The third-order valence-electron chi connectivity index (χ3n) is 6.81. The van der Waals surface area contributed by atoms with Gasteiger partial charge in [0.25, 0.3) is 5.91 Å². The molecular weight excluding hydrogens is 412 g/mol. The summed E-state index contributed by atoms with van der Waals surface area (Å²) in [5, 5.41) is 7.05. The van der Waals surface area contributed by atoms with E-state index in [1.54, 1.807) is 6.20 Å². The Kier molecular flexibility index (Phi) is 4.91. The standard InChI is InChI=1S/C24H27F2N5O/c1-23(2)13-30-21(32)16-4-3-15(9-19(16)23)17-11-27-20-18(17)12-29-22(31-20)28-10-14-5-7-24(25,26)8-6-14/h3-4,9,11-12,14H,5-8,10,13H2,1-2H3,(H,30,32)(H2,27,28,29,31). The number of rotatable bonds is 4. The number of aromatic amines is 1. The van der Waals surface area contributed by atoms with Crippen molar-refractivity contribution >= 4 is 22.9 Å². The maximum absolute atomic E-state index is 13.3. The average Bonchev–Trinajstić information content (AvgIpc) is 3.19. The Morgan fingerprint density at radius 1 is 1.19 bits per heavy atom. The van der Waals surface area contributed by atoms with Crippen molar-refractivity contribution in [2.24, 2.45) is 5.92 Å². The number of amides is 1. The first-order valence-electron chi connectivity index (χ1n) is 11.1. The van der Waals surface area contributed by atoms with Crippen LogP contribution in [0.4, 0.5) is 14.7 Å². The maximum atomic E-state index is 13.3. The van der Waals surface area contributed by atoms with E-state index in [0.29, 0.717) is 43.1 Å². The molecule has 3 aromatic rings. The molecule has 1 aliphatic heterocycles. The topological polar surface area (TPSA) is 82.7 Å². The second-order valence-electron chi connectivity index (χ2n) is 9.67. The summed E-state index contributed by atoms with van der Waals surface area (Å²) in [6.07, 6.45) is 4.63. The zero-order chi connectivity index (χ0) is 22.5. The van der Waals surface area contributed by atoms with E-state index >= 15 is 0 Å². The number of alkyl halides is 2. The van der Waals surface area contributed by atoms with E-state index in [4.69, 9.17) is 0 Å². The molecule has 168 valence electrons. The molecule has 5 rings (SSSR count). The van der Waals surface area contributed by atoms with Crippen molar-refractivity contribution in [2.45, 2.75) is 50.9 Å². The molecule has 6 nitrogen and oxygen atoms in total. The molecule has 0 bridgehead atoms. The first kappa shape index (κ1) is 20.8. The molecule has 0 saturated heterocycles. The summed E-state index contributed by atoms with van der Waals surface area (Å²) in [6.45, 7) is 5.45. The predicted octanol–water partition coefficient (Wildman–Crippen LogP) is 4.88. The highest BCUT2D eigenvalue weighted by Gasteiger charge is 2.35. The number of aromatic nitrogens is 3. The number of halogens is 2. The third kappa shape index (κ3) is 3.82. The summed E-state index contributed by atoms with van der Waals surface area (Å²) in [6, 6.07) is 5.92. The van der Waals surface area contributed by atoms with Crippen molar-refractivity contribution in [3.8, 4) is 11.1 Å². The van der Waals surface area contributed by atoms with Crippen LogP contribution in [-0.4, -0.2) is 39.9 Å². The van der Waals surface area contributed by atoms with Gasteiger partial charge < -0.3 is 15.6 Å². The summed E-state index contributed by atoms with van der Waals surface area (Å²) in [5.74, 6) is -1.84. The second-order valence-corrected chi connectivity index (χ2v) is 9.67. The van der Waals surface area contributed by atoms with E-state index in [0.717, 1.165) is 22.1 Å². The number of nitrogens with one attached hydrogen (secondary N) is 3. The Balaban J connectivity index is 1.36. The lowest BCUT2D eigenvalue weighted by Gasteiger charge is -2.32. The fourth-order valence-electron chi connectivity index (χ4n) is 4.73. The van der Waals surface area contributed by atoms with Crippen LogP contribution in [0.2, 0.25) is 0 Å². The van der Waals surface area contributed by atoms with Crippen LogP contribution >= 0.6 is 0 Å². The van der Waals surface area contributed by atoms with Crippen molar-refractivity contribution < 1.29 is 13.6 Å². The Morgan fingerprint density at radius 2 is 1.97 bits per heavy atom. The number of carbonyl (C=O) groups is 1. The van der Waals surface area contributed by atoms with Gasteiger partial charge in [-0.1, -0.05) is 19.9 Å². The number of hydrogen-bond acceptors (Lipinski definition) is 4. The molecule has 32 heavy (non-hydrogen) atoms. The summed E-state index contributed by atoms with van der Waals surface area (Å²) in [4.78, 5) is 24.5. The summed E-state index contributed by atoms with van der Waals surface area (Å²) < 4.78 is 26.7. The van der Waals surface area contributed by atoms with Crippen molar-refractivity contribution in [1.29, 1.82) is 0 Å². The zero-order valence-electron chi connectivity index (χ0n) is 18.3. The number of benzene rings is 1. The Labute approximate surface area is 185 Å². The van der Waals surface area contributed by atoms with Crippen LogP contribution in [0.1, 0.15) is 55.5 Å². The first-order valence-corrected chi connectivity index (χ1v) is 11.1. The highest BCUT2D eigenvalue weighted by Crippen LogP contribution is 2.37. The minimum Gasteiger partial charge on any atom is -0.354 e. The van der Waals surface area contributed by atoms with Gasteiger partial charge >= 0.3 is 0 Å². The average molecular weight is 440 g/mol. The van der Waals surface area contributed by atoms with E-state index < -0.39 is 5.92 Å². The first-order chi connectivity index (χ1) is 15.2. The second kappa shape index (κ2) is 7.53. The molecule has 2 aliphatic rings. The highest BCUT2D eigenvalue weighted by atomic mass is 19.3. The summed E-state index contributed by atoms with van der Waals surface area (Å²) >= 11 is 0. The SMILES string of the molecule is CC1(C)CNC(=O)c2ccc(-c3c[nH]c4nc(NCC5CCC(F)(F)CC5)ncc34)cc21. The monoisotopic (exact) mass is 439 g/mol. The quantitative estimate of drug-likeness (QED) is 0.541. The molecule has 1 aliphatic carbocycles. The van der Waals surface area contributed by atoms with Crippen molar-refractivity contribution in [3.05, 3.63) is 41.7 Å². The summed E-state index contributed by atoms with van der Waals surface area (Å²) in [7, 11) is 0. The highest BCUT2D eigenvalue weighted by molar-refractivity contribution is 5.99. The number of anilines is 1. The molecule has 8 heteroatoms. The van der Waals surface area contributed by atoms with Gasteiger partial charge in [-0.3, -0.25) is 4.79 Å². The van der Waals surface area contributed by atoms with Gasteiger partial charge in [0.05, 0.1) is 0 Å². The van der Waals surface area contributed by atoms with Gasteiger partial charge in [-0.2, -0.15) is 4.98 Å². The number of fused-ring (bicyclic) bond motifs is 2. The van der Waals surface area contributed by atoms with Crippen molar-refractivity contribution in [2.75, 3.05) is 18.4 Å². The minimum absolute atomic E-state index is 0.0365. The van der Waals surface area contributed by atoms with E-state index in [1.165, 1.54) is 0 Å². The molecule has 0 spiro atoms. The van der Waals surface area contributed by atoms with Crippen LogP contribution in [-0.2, 0) is 5.41 Å². The molecular formula is C24H27F2N5O. The van der Waals surface area contributed by atoms with Crippen molar-refractivity contribution in [1.82, 2.24) is 20.3 Å². The molecule has 0 atom stereocenters. The molecule has 0 unspecified atom stereocenters. The van der Waals surface area contributed by atoms with Crippen LogP contribution in [0, 0.1) is 5.92 Å². The molecule has 3 N–H and O–H groups in total. The molecule has 1 saturated carbocycles. The van der Waals surface area contributed by atoms with E-state index in [2.05, 4.69) is 45.5 Å². The molecule has 1 aromatic carbocycles. The molecule has 0 radical (unpaired) electrons. The van der Waals surface area contributed by atoms with Crippen LogP contribution in [0.25, 0.3) is 22.2 Å². The van der Waals surface area contributed by atoms with Crippen molar-refractivity contribution in [3.63, 3.8) is 0 Å². The van der Waals surface area contributed by atoms with Crippen LogP contribution < -0.4 is 10.6 Å². The lowest BCUT2D eigenvalue weighted by atomic mass is 9.78. The lowest BCUT2D eigenvalue weighted by Crippen LogP contribution is -2.43. The number of nitrogens with zero attached hydrogens (tertiary/aromatic N) is 2. The fourth-order valence-corrected chi connectivity index (χ4v) is 4.73. The van der Waals surface area contributed by atoms with Gasteiger partial charge in [0.2, 0.25) is 11.9 Å². The van der Waals surface area contributed by atoms with Crippen LogP contribution in [0.3, 0.4) is 0 Å². The molecule has 2 aromatic heterocycles. The Bertz CT molecular complexity index is 1180. The van der Waals surface area contributed by atoms with E-state index in [1.807, 2.05) is 18.3 Å². The maximum Gasteiger partial charge on any atom is 0.251 e. The lowest BCUT2D eigenvalue weighted by molar-refractivity contribution is -0.0443. The van der Waals surface area contributed by atoms with Gasteiger partial charge in [-0.05, 0) is 42.0 Å². The molecule has 3 heterocycles. The Hall–Kier alpha value is -3.03. The largest absolute Gasteiger partial charge is 0.354 e. The fraction of sp³-hybridized carbons (Fsp3) is 0.458.